The number of amides is 1. The molecule has 15 rings (SSSR count). The van der Waals surface area contributed by atoms with E-state index in [4.69, 9.17) is 86.2 Å². The number of hydrogen-bond acceptors (Lipinski definition) is 25. The fourth-order valence-electron chi connectivity index (χ4n) is 17.4. The van der Waals surface area contributed by atoms with Gasteiger partial charge in [0.1, 0.15) is 25.4 Å². The van der Waals surface area contributed by atoms with E-state index in [1.54, 1.807) is 20.8 Å². The minimum absolute atomic E-state index is 0.0922. The minimum Gasteiger partial charge on any atom is -0.463 e. The molecule has 0 aromatic rings. The highest BCUT2D eigenvalue weighted by atomic mass is 17.3. The van der Waals surface area contributed by atoms with E-state index in [0.29, 0.717) is 37.0 Å². The van der Waals surface area contributed by atoms with Crippen LogP contribution in [-0.4, -0.2) is 139 Å². The lowest BCUT2D eigenvalue weighted by atomic mass is 9.58. The lowest BCUT2D eigenvalue weighted by Gasteiger charge is -2.59. The van der Waals surface area contributed by atoms with Crippen LogP contribution in [-0.2, 0) is 120 Å². The van der Waals surface area contributed by atoms with Gasteiger partial charge in [-0.15, -0.1) is 0 Å². The molecule has 0 aromatic carbocycles. The van der Waals surface area contributed by atoms with Crippen LogP contribution < -0.4 is 5.32 Å². The summed E-state index contributed by atoms with van der Waals surface area (Å²) in [6.07, 6.45) is 1.15. The van der Waals surface area contributed by atoms with Crippen molar-refractivity contribution < 1.29 is 120 Å². The van der Waals surface area contributed by atoms with Crippen molar-refractivity contribution in [2.75, 3.05) is 19.8 Å². The number of ether oxygens (including phenoxy) is 12. The Morgan fingerprint density at radius 1 is 0.409 bits per heavy atom. The highest BCUT2D eigenvalue weighted by Gasteiger charge is 2.73. The second-order valence-electron chi connectivity index (χ2n) is 28.3. The van der Waals surface area contributed by atoms with Gasteiger partial charge in [-0.2, -0.15) is 0 Å². The Labute approximate surface area is 511 Å². The quantitative estimate of drug-likeness (QED) is 0.0574. The molecule has 15 aliphatic rings. The minimum atomic E-state index is -1.92. The van der Waals surface area contributed by atoms with E-state index in [1.807, 2.05) is 20.8 Å². The maximum atomic E-state index is 13.5. The van der Waals surface area contributed by atoms with Crippen molar-refractivity contribution >= 4 is 42.2 Å². The standard InChI is InChI=1S/C62H89NO25/c1-32-10-13-41-35(4)50(77-53-60(41)38(32)22-25-56(7,80-53)83-86-60)74-47(68)19-16-44(65)71-28-59(63-31-64,29-72-45(66)17-20-48(69)75-51-36(5)42-14-11-33(2)39-23-26-57(8)81-54(78-51)61(39,42)87-84-57)30-73-46(67)18-21-49(70)76-52-37(6)43-15-12-34(3)40-24-27-58(9)82-55(79-52)62(40,43)88-85-58/h31-43,50-55H,10-30H2,1-9H3,(H,63,64)/t32-,33-,34-,35-,36-,37-,38+,39+,40+,41+,42+,43+,50-,51-,52-,53-,54-,55-,56-,57-,58-,60-,61-,62-/m1/s1. The Morgan fingerprint density at radius 3 is 0.977 bits per heavy atom. The lowest BCUT2D eigenvalue weighted by molar-refractivity contribution is -0.576. The van der Waals surface area contributed by atoms with Crippen molar-refractivity contribution in [1.29, 1.82) is 0 Å². The van der Waals surface area contributed by atoms with Gasteiger partial charge in [-0.25, -0.2) is 29.3 Å². The molecule has 24 atom stereocenters. The first kappa shape index (κ1) is 63.9. The average Bonchev–Trinajstić information content (AvgIpc) is 1.32. The SMILES string of the molecule is C[C@H]1[C@H](OC(=O)CCC(=O)OCC(COC(=O)CCC(=O)O[C@@H]2O[C@@H]3O[C@@]4(C)CC[C@H]5[C@H](C)CC[C@@H]([C@H]2C)[C@@]35OO4)(COC(=O)CCC(=O)O[C@@H]2O[C@@H]3O[C@@]4(C)CC[C@H]5[C@H](C)CC[C@@H]([C@H]2C)[C@@]35OO4)NC=O)O[C@@H]2O[C@@]3(C)CC[C@H]4[C@H](C)CC[C@@H]1[C@@]24OO3. The van der Waals surface area contributed by atoms with Gasteiger partial charge in [-0.1, -0.05) is 41.5 Å². The smallest absolute Gasteiger partial charge is 0.308 e. The summed E-state index contributed by atoms with van der Waals surface area (Å²) in [5.41, 5.74) is -4.57. The Balaban J connectivity index is 0.662. The van der Waals surface area contributed by atoms with Crippen LogP contribution in [0.1, 0.15) is 178 Å². The van der Waals surface area contributed by atoms with Crippen LogP contribution in [0.5, 0.6) is 0 Å². The largest absolute Gasteiger partial charge is 0.463 e. The van der Waals surface area contributed by atoms with Crippen LogP contribution >= 0.6 is 0 Å². The molecule has 3 aliphatic carbocycles. The first-order chi connectivity index (χ1) is 41.9. The predicted octanol–water partition coefficient (Wildman–Crippen LogP) is 6.70. The number of hydrogen-bond donors (Lipinski definition) is 1. The maximum Gasteiger partial charge on any atom is 0.308 e. The van der Waals surface area contributed by atoms with E-state index in [-0.39, 0.29) is 59.7 Å². The Bertz CT molecular complexity index is 2390. The summed E-state index contributed by atoms with van der Waals surface area (Å²) >= 11 is 0. The second-order valence-corrected chi connectivity index (χ2v) is 28.3. The molecule has 6 bridgehead atoms. The molecule has 26 nitrogen and oxygen atoms in total. The molecule has 1 amide bonds. The average molecular weight is 1250 g/mol. The Hall–Kier alpha value is -4.19. The molecule has 12 saturated heterocycles. The molecule has 15 fully saturated rings. The molecule has 3 saturated carbocycles. The van der Waals surface area contributed by atoms with E-state index in [9.17, 15) is 33.6 Å². The van der Waals surface area contributed by atoms with Gasteiger partial charge >= 0.3 is 35.8 Å². The zero-order valence-corrected chi connectivity index (χ0v) is 52.0. The normalized spacial score (nSPS) is 45.9. The van der Waals surface area contributed by atoms with Crippen LogP contribution in [0.3, 0.4) is 0 Å². The Kier molecular flexibility index (Phi) is 17.7. The molecule has 0 unspecified atom stereocenters. The fourth-order valence-corrected chi connectivity index (χ4v) is 17.4. The molecule has 0 aromatic heterocycles. The summed E-state index contributed by atoms with van der Waals surface area (Å²) in [4.78, 5) is 130. The number of rotatable bonds is 20. The number of nitrogens with one attached hydrogen (secondary N) is 1. The van der Waals surface area contributed by atoms with Crippen LogP contribution in [0.4, 0.5) is 0 Å². The summed E-state index contributed by atoms with van der Waals surface area (Å²) in [6, 6.07) is 0. The summed E-state index contributed by atoms with van der Waals surface area (Å²) in [6.45, 7) is 15.5. The lowest BCUT2D eigenvalue weighted by Crippen LogP contribution is -2.70. The molecular weight excluding hydrogens is 1160 g/mol. The van der Waals surface area contributed by atoms with Gasteiger partial charge in [0.15, 0.2) is 35.7 Å². The van der Waals surface area contributed by atoms with Crippen molar-refractivity contribution in [3.05, 3.63) is 0 Å². The third-order valence-electron chi connectivity index (χ3n) is 22.5. The molecule has 12 heterocycles. The monoisotopic (exact) mass is 1250 g/mol. The summed E-state index contributed by atoms with van der Waals surface area (Å²) in [5, 5.41) is 2.49. The van der Waals surface area contributed by atoms with E-state index >= 15 is 0 Å². The van der Waals surface area contributed by atoms with Gasteiger partial charge < -0.3 is 62.2 Å². The first-order valence-electron chi connectivity index (χ1n) is 32.2. The highest BCUT2D eigenvalue weighted by Crippen LogP contribution is 2.64. The van der Waals surface area contributed by atoms with Crippen molar-refractivity contribution in [2.45, 2.75) is 255 Å². The topological polar surface area (TPSA) is 298 Å². The number of carbonyl (C=O) groups excluding carboxylic acids is 7. The molecular formula is C62H89NO25. The third-order valence-corrected chi connectivity index (χ3v) is 22.5. The number of fused-ring (bicyclic) bond motifs is 6. The van der Waals surface area contributed by atoms with E-state index in [2.05, 4.69) is 26.1 Å². The van der Waals surface area contributed by atoms with Crippen LogP contribution in [0.2, 0.25) is 0 Å². The molecule has 26 heteroatoms. The molecule has 492 valence electrons. The summed E-state index contributed by atoms with van der Waals surface area (Å²) in [7, 11) is 0. The summed E-state index contributed by atoms with van der Waals surface area (Å²) < 4.78 is 72.8. The molecule has 3 spiro atoms. The van der Waals surface area contributed by atoms with Crippen LogP contribution in [0, 0.1) is 71.0 Å². The fraction of sp³-hybridized carbons (Fsp3) is 0.887. The summed E-state index contributed by atoms with van der Waals surface area (Å²) in [5.74, 6) is -8.28. The van der Waals surface area contributed by atoms with Crippen LogP contribution in [0.15, 0.2) is 0 Å². The van der Waals surface area contributed by atoms with Gasteiger partial charge in [-0.3, -0.25) is 33.6 Å². The maximum absolute atomic E-state index is 13.5. The molecule has 0 radical (unpaired) electrons. The van der Waals surface area contributed by atoms with E-state index in [0.717, 1.165) is 57.8 Å². The zero-order valence-electron chi connectivity index (χ0n) is 52.0. The van der Waals surface area contributed by atoms with Crippen molar-refractivity contribution in [1.82, 2.24) is 5.32 Å². The van der Waals surface area contributed by atoms with Crippen molar-refractivity contribution in [3.8, 4) is 0 Å². The highest BCUT2D eigenvalue weighted by molar-refractivity contribution is 5.79. The first-order valence-corrected chi connectivity index (χ1v) is 32.2. The van der Waals surface area contributed by atoms with Gasteiger partial charge in [-0.05, 0) is 114 Å². The number of esters is 6. The van der Waals surface area contributed by atoms with Gasteiger partial charge in [0.05, 0.1) is 38.5 Å². The molecule has 88 heavy (non-hydrogen) atoms. The zero-order chi connectivity index (χ0) is 62.3. The molecule has 12 aliphatic heterocycles. The third kappa shape index (κ3) is 11.5. The van der Waals surface area contributed by atoms with E-state index in [1.165, 1.54) is 0 Å². The van der Waals surface area contributed by atoms with Gasteiger partial charge in [0.25, 0.3) is 0 Å². The predicted molar refractivity (Wildman–Crippen MR) is 291 cm³/mol. The second kappa shape index (κ2) is 24.4. The number of carbonyl (C=O) groups is 7. The van der Waals surface area contributed by atoms with Crippen molar-refractivity contribution in [3.63, 3.8) is 0 Å². The van der Waals surface area contributed by atoms with E-state index < -0.39 is 172 Å². The van der Waals surface area contributed by atoms with Gasteiger partial charge in [0.2, 0.25) is 42.6 Å². The Morgan fingerprint density at radius 2 is 0.693 bits per heavy atom. The van der Waals surface area contributed by atoms with Gasteiger partial charge in [0, 0.05) is 54.8 Å². The van der Waals surface area contributed by atoms with Crippen molar-refractivity contribution in [2.24, 2.45) is 71.0 Å². The molecule has 1 N–H and O–H groups in total. The van der Waals surface area contributed by atoms with Crippen LogP contribution in [0.25, 0.3) is 0 Å².